The number of anilines is 1. The zero-order valence-electron chi connectivity index (χ0n) is 23.1. The van der Waals surface area contributed by atoms with Crippen molar-refractivity contribution in [2.75, 3.05) is 12.0 Å². The first-order valence-electron chi connectivity index (χ1n) is 12.9. The quantitative estimate of drug-likeness (QED) is 0.246. The Labute approximate surface area is 229 Å². The Hall–Kier alpha value is -4.45. The number of pyridine rings is 1. The monoisotopic (exact) mass is 522 g/mol. The molecule has 1 heterocycles. The number of aryl methyl sites for hydroxylation is 1. The minimum atomic E-state index is -1.00. The molecule has 0 unspecified atom stereocenters. The lowest BCUT2D eigenvalue weighted by Gasteiger charge is -2.27. The summed E-state index contributed by atoms with van der Waals surface area (Å²) in [6, 6.07) is 21.9. The van der Waals surface area contributed by atoms with Crippen molar-refractivity contribution in [2.24, 2.45) is 5.41 Å². The second kappa shape index (κ2) is 11.5. The number of rotatable bonds is 8. The Bertz CT molecular complexity index is 1530. The third-order valence-corrected chi connectivity index (χ3v) is 6.45. The first-order chi connectivity index (χ1) is 18.5. The van der Waals surface area contributed by atoms with Gasteiger partial charge in [-0.05, 0) is 75.9 Å². The van der Waals surface area contributed by atoms with Crippen LogP contribution in [0.2, 0.25) is 0 Å². The molecule has 6 nitrogen and oxygen atoms in total. The predicted molar refractivity (Wildman–Crippen MR) is 157 cm³/mol. The van der Waals surface area contributed by atoms with Crippen LogP contribution in [0.4, 0.5) is 5.82 Å². The van der Waals surface area contributed by atoms with Crippen molar-refractivity contribution in [3.8, 4) is 16.9 Å². The van der Waals surface area contributed by atoms with Gasteiger partial charge in [0, 0.05) is 24.1 Å². The third-order valence-electron chi connectivity index (χ3n) is 6.45. The first-order valence-corrected chi connectivity index (χ1v) is 12.9. The van der Waals surface area contributed by atoms with E-state index in [1.54, 1.807) is 24.3 Å². The molecule has 1 aromatic heterocycles. The molecule has 0 saturated carbocycles. The van der Waals surface area contributed by atoms with E-state index in [-0.39, 0.29) is 11.3 Å². The number of amides is 1. The number of carboxylic acid groups (broad SMARTS) is 1. The van der Waals surface area contributed by atoms with Crippen molar-refractivity contribution in [2.45, 2.75) is 40.7 Å². The molecule has 6 heteroatoms. The SMILES string of the molecule is COc1ccc(-c2ccc(CN(C(=O)CC(C)(C)C)c3nccc4cc(/C=C/C(=O)O)ccc34)cc2)cc1C. The Balaban J connectivity index is 1.69. The fourth-order valence-corrected chi connectivity index (χ4v) is 4.54. The van der Waals surface area contributed by atoms with E-state index in [1.165, 1.54) is 0 Å². The summed E-state index contributed by atoms with van der Waals surface area (Å²) in [6.07, 6.45) is 4.72. The van der Waals surface area contributed by atoms with E-state index >= 15 is 0 Å². The van der Waals surface area contributed by atoms with Gasteiger partial charge in [0.2, 0.25) is 5.91 Å². The van der Waals surface area contributed by atoms with Gasteiger partial charge in [-0.1, -0.05) is 63.2 Å². The average molecular weight is 523 g/mol. The van der Waals surface area contributed by atoms with E-state index < -0.39 is 5.97 Å². The molecule has 0 saturated heterocycles. The van der Waals surface area contributed by atoms with E-state index in [0.29, 0.717) is 18.8 Å². The second-order valence-electron chi connectivity index (χ2n) is 10.9. The molecule has 0 bridgehead atoms. The smallest absolute Gasteiger partial charge is 0.328 e. The molecular weight excluding hydrogens is 488 g/mol. The molecule has 4 rings (SSSR count). The van der Waals surface area contributed by atoms with Crippen molar-refractivity contribution >= 4 is 34.5 Å². The van der Waals surface area contributed by atoms with Crippen LogP contribution in [-0.4, -0.2) is 29.1 Å². The molecule has 200 valence electrons. The van der Waals surface area contributed by atoms with E-state index in [0.717, 1.165) is 50.4 Å². The number of methoxy groups -OCH3 is 1. The Morgan fingerprint density at radius 3 is 2.33 bits per heavy atom. The predicted octanol–water partition coefficient (Wildman–Crippen LogP) is 7.29. The van der Waals surface area contributed by atoms with Gasteiger partial charge in [0.25, 0.3) is 0 Å². The Morgan fingerprint density at radius 2 is 1.69 bits per heavy atom. The fraction of sp³-hybridized carbons (Fsp3) is 0.242. The van der Waals surface area contributed by atoms with Gasteiger partial charge in [-0.15, -0.1) is 0 Å². The van der Waals surface area contributed by atoms with E-state index in [1.807, 2.05) is 76.2 Å². The van der Waals surface area contributed by atoms with Crippen molar-refractivity contribution in [1.29, 1.82) is 0 Å². The number of carboxylic acids is 1. The van der Waals surface area contributed by atoms with Crippen molar-refractivity contribution < 1.29 is 19.4 Å². The summed E-state index contributed by atoms with van der Waals surface area (Å²) in [5, 5.41) is 10.7. The number of aromatic nitrogens is 1. The molecule has 0 aliphatic heterocycles. The van der Waals surface area contributed by atoms with Crippen molar-refractivity contribution in [3.05, 3.63) is 95.7 Å². The largest absolute Gasteiger partial charge is 0.496 e. The van der Waals surface area contributed by atoms with E-state index in [2.05, 4.69) is 23.2 Å². The number of hydrogen-bond donors (Lipinski definition) is 1. The maximum Gasteiger partial charge on any atom is 0.328 e. The highest BCUT2D eigenvalue weighted by Gasteiger charge is 2.25. The standard InChI is InChI=1S/C33H34N2O4/c1-22-18-26(12-14-29(22)39-5)25-10-6-24(7-11-25)21-35(30(36)20-33(2,3)4)32-28-13-8-23(9-15-31(37)38)19-27(28)16-17-34-32/h6-19H,20-21H2,1-5H3,(H,37,38)/b15-9+. The second-order valence-corrected chi connectivity index (χ2v) is 10.9. The molecule has 39 heavy (non-hydrogen) atoms. The van der Waals surface area contributed by atoms with Crippen molar-refractivity contribution in [1.82, 2.24) is 4.98 Å². The van der Waals surface area contributed by atoms with Gasteiger partial charge in [0.05, 0.1) is 13.7 Å². The molecule has 0 spiro atoms. The highest BCUT2D eigenvalue weighted by Crippen LogP contribution is 2.31. The van der Waals surface area contributed by atoms with Gasteiger partial charge < -0.3 is 9.84 Å². The number of hydrogen-bond acceptors (Lipinski definition) is 4. The number of carbonyl (C=O) groups is 2. The minimum Gasteiger partial charge on any atom is -0.496 e. The summed E-state index contributed by atoms with van der Waals surface area (Å²) in [7, 11) is 1.67. The van der Waals surface area contributed by atoms with Crippen LogP contribution in [0.3, 0.4) is 0 Å². The topological polar surface area (TPSA) is 79.7 Å². The Morgan fingerprint density at radius 1 is 0.974 bits per heavy atom. The van der Waals surface area contributed by atoms with Crippen LogP contribution in [0.1, 0.15) is 43.9 Å². The number of nitrogens with zero attached hydrogens (tertiary/aromatic N) is 2. The number of carbonyl (C=O) groups excluding carboxylic acids is 1. The first kappa shape index (κ1) is 27.6. The summed E-state index contributed by atoms with van der Waals surface area (Å²) in [6.45, 7) is 8.55. The lowest BCUT2D eigenvalue weighted by Crippen LogP contribution is -2.34. The zero-order chi connectivity index (χ0) is 28.2. The van der Waals surface area contributed by atoms with Crippen LogP contribution in [0.5, 0.6) is 5.75 Å². The number of ether oxygens (including phenoxy) is 1. The number of fused-ring (bicyclic) bond motifs is 1. The van der Waals surface area contributed by atoms with E-state index in [4.69, 9.17) is 9.84 Å². The summed E-state index contributed by atoms with van der Waals surface area (Å²) in [5.41, 5.74) is 4.82. The molecule has 0 aliphatic carbocycles. The molecule has 4 aromatic rings. The normalized spacial score (nSPS) is 11.6. The highest BCUT2D eigenvalue weighted by molar-refractivity contribution is 6.02. The van der Waals surface area contributed by atoms with Gasteiger partial charge in [-0.3, -0.25) is 9.69 Å². The molecule has 0 radical (unpaired) electrons. The highest BCUT2D eigenvalue weighted by atomic mass is 16.5. The van der Waals surface area contributed by atoms with Gasteiger partial charge in [-0.2, -0.15) is 0 Å². The average Bonchev–Trinajstić information content (AvgIpc) is 2.89. The minimum absolute atomic E-state index is 0.00722. The van der Waals surface area contributed by atoms with Crippen LogP contribution < -0.4 is 9.64 Å². The van der Waals surface area contributed by atoms with Gasteiger partial charge >= 0.3 is 5.97 Å². The molecule has 0 atom stereocenters. The summed E-state index contributed by atoms with van der Waals surface area (Å²) in [5.74, 6) is 0.436. The number of benzene rings is 3. The van der Waals surface area contributed by atoms with Crippen molar-refractivity contribution in [3.63, 3.8) is 0 Å². The zero-order valence-corrected chi connectivity index (χ0v) is 23.1. The molecule has 3 aromatic carbocycles. The van der Waals surface area contributed by atoms with Crippen LogP contribution in [-0.2, 0) is 16.1 Å². The van der Waals surface area contributed by atoms with E-state index in [9.17, 15) is 9.59 Å². The summed E-state index contributed by atoms with van der Waals surface area (Å²) in [4.78, 5) is 31.0. The van der Waals surface area contributed by atoms with Crippen LogP contribution in [0, 0.1) is 12.3 Å². The fourth-order valence-electron chi connectivity index (χ4n) is 4.54. The molecular formula is C33H34N2O4. The molecule has 1 amide bonds. The molecule has 0 aliphatic rings. The van der Waals surface area contributed by atoms with Gasteiger partial charge in [0.1, 0.15) is 11.6 Å². The molecule has 1 N–H and O–H groups in total. The van der Waals surface area contributed by atoms with Gasteiger partial charge in [0.15, 0.2) is 0 Å². The van der Waals surface area contributed by atoms with Crippen LogP contribution in [0.25, 0.3) is 28.0 Å². The number of aliphatic carboxylic acids is 1. The Kier molecular flexibility index (Phi) is 8.15. The van der Waals surface area contributed by atoms with Gasteiger partial charge in [-0.25, -0.2) is 9.78 Å². The lowest BCUT2D eigenvalue weighted by atomic mass is 9.91. The maximum atomic E-state index is 13.6. The summed E-state index contributed by atoms with van der Waals surface area (Å²) >= 11 is 0. The maximum absolute atomic E-state index is 13.6. The lowest BCUT2D eigenvalue weighted by molar-refractivity contribution is -0.131. The van der Waals surface area contributed by atoms with Crippen LogP contribution >= 0.6 is 0 Å². The molecule has 0 fully saturated rings. The summed E-state index contributed by atoms with van der Waals surface area (Å²) < 4.78 is 5.39. The third kappa shape index (κ3) is 6.90. The van der Waals surface area contributed by atoms with Crippen LogP contribution in [0.15, 0.2) is 79.0 Å².